The van der Waals surface area contributed by atoms with Gasteiger partial charge in [0.05, 0.1) is 30.4 Å². The molecule has 2 aliphatic heterocycles. The van der Waals surface area contributed by atoms with Gasteiger partial charge in [-0.1, -0.05) is 34.6 Å². The first-order chi connectivity index (χ1) is 21.4. The van der Waals surface area contributed by atoms with Gasteiger partial charge in [0.25, 0.3) is 0 Å². The van der Waals surface area contributed by atoms with Crippen molar-refractivity contribution in [2.75, 3.05) is 19.7 Å². The van der Waals surface area contributed by atoms with E-state index < -0.39 is 47.1 Å². The lowest BCUT2D eigenvalue weighted by atomic mass is 9.43. The van der Waals surface area contributed by atoms with Gasteiger partial charge in [0, 0.05) is 18.9 Å². The van der Waals surface area contributed by atoms with Crippen LogP contribution < -0.4 is 5.73 Å². The molecule has 46 heavy (non-hydrogen) atoms. The molecule has 10 nitrogen and oxygen atoms in total. The average molecular weight is 647 g/mol. The van der Waals surface area contributed by atoms with Crippen molar-refractivity contribution < 1.29 is 39.2 Å². The van der Waals surface area contributed by atoms with Crippen molar-refractivity contribution in [3.05, 3.63) is 11.3 Å². The van der Waals surface area contributed by atoms with Crippen LogP contribution in [0.25, 0.3) is 0 Å². The quantitative estimate of drug-likeness (QED) is 0.322. The second kappa shape index (κ2) is 10.4. The Morgan fingerprint density at radius 1 is 1.09 bits per heavy atom. The maximum atomic E-state index is 12.4. The van der Waals surface area contributed by atoms with Gasteiger partial charge in [-0.25, -0.2) is 0 Å². The fourth-order valence-corrected chi connectivity index (χ4v) is 13.2. The number of ether oxygens (including phenoxy) is 4. The van der Waals surface area contributed by atoms with Crippen molar-refractivity contribution in [1.29, 1.82) is 0 Å². The lowest BCUT2D eigenvalue weighted by molar-refractivity contribution is -0.278. The van der Waals surface area contributed by atoms with Crippen LogP contribution in [0.3, 0.4) is 0 Å². The highest BCUT2D eigenvalue weighted by Crippen LogP contribution is 2.90. The molecule has 4 saturated carbocycles. The number of fused-ring (bicyclic) bond motifs is 3. The fraction of sp³-hybridized carbons (Fsp3) is 0.917. The molecular formula is C36H58N2O8. The zero-order valence-electron chi connectivity index (χ0n) is 29.2. The van der Waals surface area contributed by atoms with E-state index in [4.69, 9.17) is 24.7 Å². The minimum atomic E-state index is -1.32. The zero-order chi connectivity index (χ0) is 33.4. The Labute approximate surface area is 274 Å². The summed E-state index contributed by atoms with van der Waals surface area (Å²) in [5.41, 5.74) is 6.36. The molecule has 0 aromatic heterocycles. The minimum absolute atomic E-state index is 0.0416. The number of aliphatic hydroxyl groups excluding tert-OH is 1. The summed E-state index contributed by atoms with van der Waals surface area (Å²) >= 11 is 0. The summed E-state index contributed by atoms with van der Waals surface area (Å²) in [5, 5.41) is 34.8. The van der Waals surface area contributed by atoms with E-state index in [1.54, 1.807) is 13.8 Å². The molecule has 10 heteroatoms. The first kappa shape index (κ1) is 33.2. The smallest absolute Gasteiger partial charge is 0.303 e. The van der Waals surface area contributed by atoms with Gasteiger partial charge in [0.15, 0.2) is 12.4 Å². The van der Waals surface area contributed by atoms with Crippen LogP contribution in [-0.2, 0) is 23.7 Å². The summed E-state index contributed by atoms with van der Waals surface area (Å²) < 4.78 is 24.8. The van der Waals surface area contributed by atoms with Crippen LogP contribution in [0.1, 0.15) is 100 Å². The summed E-state index contributed by atoms with van der Waals surface area (Å²) in [5.74, 6) is 1.22. The molecule has 260 valence electrons. The summed E-state index contributed by atoms with van der Waals surface area (Å²) in [4.78, 5) is 12.0. The number of aliphatic hydroxyl groups is 2. The third-order valence-corrected chi connectivity index (χ3v) is 15.0. The number of carbonyl (C=O) groups is 1. The molecule has 7 aliphatic rings. The number of hydroxylamine groups is 2. The number of rotatable bonds is 5. The number of hydrogen-bond acceptors (Lipinski definition) is 10. The molecule has 0 radical (unpaired) electrons. The summed E-state index contributed by atoms with van der Waals surface area (Å²) in [6, 6.07) is 0. The van der Waals surface area contributed by atoms with Crippen molar-refractivity contribution in [2.45, 2.75) is 142 Å². The summed E-state index contributed by atoms with van der Waals surface area (Å²) in [6.45, 7) is 17.6. The maximum absolute atomic E-state index is 12.4. The van der Waals surface area contributed by atoms with E-state index in [1.807, 2.05) is 0 Å². The average Bonchev–Trinajstić information content (AvgIpc) is 3.43. The molecule has 13 atom stereocenters. The molecule has 5 N–H and O–H groups in total. The zero-order valence-corrected chi connectivity index (χ0v) is 29.2. The van der Waals surface area contributed by atoms with Crippen LogP contribution in [0.15, 0.2) is 11.3 Å². The highest BCUT2D eigenvalue weighted by molar-refractivity contribution is 5.66. The second-order valence-corrected chi connectivity index (χ2v) is 17.6. The molecule has 5 fully saturated rings. The molecular weight excluding hydrogens is 588 g/mol. The highest BCUT2D eigenvalue weighted by Gasteiger charge is 2.87. The fourth-order valence-electron chi connectivity index (χ4n) is 13.2. The van der Waals surface area contributed by atoms with E-state index in [-0.39, 0.29) is 34.2 Å². The minimum Gasteiger partial charge on any atom is -0.488 e. The van der Waals surface area contributed by atoms with Crippen LogP contribution in [0.4, 0.5) is 0 Å². The Bertz CT molecular complexity index is 1300. The molecule has 7 rings (SSSR count). The van der Waals surface area contributed by atoms with Gasteiger partial charge < -0.3 is 40.1 Å². The standard InChI is InChI=1S/C36H58N2O8/c1-19-17-22(30(32(6,7)41)44-21(3)39)45-28-27(19)33(8)13-14-35-20(2)34(35)12-11-25(46-26-18-38(42)15-16-43-26)31(4,5)23(34)9-10-24(35)36(33,37)29(28)40/h19-20,22-26,29-30,40-42H,9-18,37H2,1-8H3. The third kappa shape index (κ3) is 4.10. The number of morpholine rings is 1. The van der Waals surface area contributed by atoms with E-state index in [2.05, 4.69) is 34.6 Å². The first-order valence-electron chi connectivity index (χ1n) is 17.9. The lowest BCUT2D eigenvalue weighted by Crippen LogP contribution is -2.70. The molecule has 0 bridgehead atoms. The van der Waals surface area contributed by atoms with Gasteiger partial charge in [-0.3, -0.25) is 4.79 Å². The van der Waals surface area contributed by atoms with Crippen molar-refractivity contribution in [1.82, 2.24) is 5.06 Å². The van der Waals surface area contributed by atoms with Gasteiger partial charge in [-0.2, -0.15) is 5.06 Å². The predicted molar refractivity (Wildman–Crippen MR) is 169 cm³/mol. The monoisotopic (exact) mass is 646 g/mol. The third-order valence-electron chi connectivity index (χ3n) is 15.0. The van der Waals surface area contributed by atoms with Gasteiger partial charge >= 0.3 is 5.97 Å². The second-order valence-electron chi connectivity index (χ2n) is 17.6. The first-order valence-corrected chi connectivity index (χ1v) is 17.9. The largest absolute Gasteiger partial charge is 0.488 e. The molecule has 1 saturated heterocycles. The van der Waals surface area contributed by atoms with Crippen LogP contribution in [-0.4, -0.2) is 88.0 Å². The molecule has 0 amide bonds. The topological polar surface area (TPSA) is 144 Å². The van der Waals surface area contributed by atoms with Gasteiger partial charge in [-0.05, 0) is 104 Å². The Balaban J connectivity index is 1.18. The van der Waals surface area contributed by atoms with Crippen molar-refractivity contribution >= 4 is 5.97 Å². The Morgan fingerprint density at radius 3 is 2.41 bits per heavy atom. The van der Waals surface area contributed by atoms with E-state index in [9.17, 15) is 20.2 Å². The van der Waals surface area contributed by atoms with Gasteiger partial charge in [0.2, 0.25) is 0 Å². The van der Waals surface area contributed by atoms with Crippen LogP contribution in [0.5, 0.6) is 0 Å². The van der Waals surface area contributed by atoms with Crippen molar-refractivity contribution in [2.24, 2.45) is 51.1 Å². The van der Waals surface area contributed by atoms with Gasteiger partial charge in [-0.15, -0.1) is 0 Å². The number of carbonyl (C=O) groups excluding carboxylic acids is 1. The summed E-state index contributed by atoms with van der Waals surface area (Å²) in [7, 11) is 0. The van der Waals surface area contributed by atoms with Crippen molar-refractivity contribution in [3.63, 3.8) is 0 Å². The van der Waals surface area contributed by atoms with E-state index in [0.29, 0.717) is 43.7 Å². The van der Waals surface area contributed by atoms with Crippen LogP contribution in [0.2, 0.25) is 0 Å². The van der Waals surface area contributed by atoms with E-state index in [0.717, 1.165) is 44.1 Å². The maximum Gasteiger partial charge on any atom is 0.303 e. The lowest BCUT2D eigenvalue weighted by Gasteiger charge is -2.63. The molecule has 5 aliphatic carbocycles. The molecule has 0 aromatic rings. The number of nitrogens with two attached hydrogens (primary N) is 1. The predicted octanol–water partition coefficient (Wildman–Crippen LogP) is 4.14. The van der Waals surface area contributed by atoms with Crippen LogP contribution >= 0.6 is 0 Å². The molecule has 2 spiro atoms. The molecule has 13 unspecified atom stereocenters. The molecule has 0 aromatic carbocycles. The van der Waals surface area contributed by atoms with Gasteiger partial charge in [0.1, 0.15) is 18.0 Å². The number of nitrogens with zero attached hydrogens (tertiary/aromatic N) is 1. The SMILES string of the molecule is CC(=O)OC(C1CC(C)C2=C(O1)C(O)C1(N)C3CCC4C(C)(C)C(OC5CN(O)CCO5)CCC45C(C)C35CCC21C)C(C)(C)O. The molecule has 2 heterocycles. The Morgan fingerprint density at radius 2 is 1.76 bits per heavy atom. The normalized spacial score (nSPS) is 50.3. The Hall–Kier alpha value is -1.27. The van der Waals surface area contributed by atoms with Crippen LogP contribution in [0, 0.1) is 45.3 Å². The van der Waals surface area contributed by atoms with E-state index in [1.165, 1.54) is 12.0 Å². The Kier molecular flexibility index (Phi) is 7.50. The van der Waals surface area contributed by atoms with Crippen molar-refractivity contribution in [3.8, 4) is 0 Å². The highest BCUT2D eigenvalue weighted by atomic mass is 16.7. The summed E-state index contributed by atoms with van der Waals surface area (Å²) in [6.07, 6.45) is 3.72. The number of hydrogen-bond donors (Lipinski definition) is 4. The number of esters is 1. The van der Waals surface area contributed by atoms with E-state index >= 15 is 0 Å².